The number of carbonyl (C=O) groups excluding carboxylic acids is 1. The van der Waals surface area contributed by atoms with Gasteiger partial charge in [0.1, 0.15) is 11.5 Å². The van der Waals surface area contributed by atoms with Crippen LogP contribution in [-0.2, 0) is 0 Å². The zero-order chi connectivity index (χ0) is 22.9. The maximum atomic E-state index is 13.0. The highest BCUT2D eigenvalue weighted by atomic mass is 16.5. The molecule has 4 heteroatoms. The van der Waals surface area contributed by atoms with Crippen LogP contribution in [0.2, 0.25) is 0 Å². The normalized spacial score (nSPS) is 33.9. The van der Waals surface area contributed by atoms with Gasteiger partial charge in [-0.3, -0.25) is 4.79 Å². The molecule has 180 valence electrons. The highest BCUT2D eigenvalue weighted by Gasteiger charge is 2.48. The predicted octanol–water partition coefficient (Wildman–Crippen LogP) is 6.26. The molecular weight excluding hydrogens is 422 g/mol. The maximum absolute atomic E-state index is 13.0. The lowest BCUT2D eigenvalue weighted by Gasteiger charge is -2.54. The first-order valence-corrected chi connectivity index (χ1v) is 13.4. The number of nitrogens with one attached hydrogen (secondary N) is 1. The van der Waals surface area contributed by atoms with Gasteiger partial charge in [0.05, 0.1) is 12.7 Å². The van der Waals surface area contributed by atoms with E-state index in [0.717, 1.165) is 61.2 Å². The van der Waals surface area contributed by atoms with Crippen molar-refractivity contribution in [1.29, 1.82) is 0 Å². The minimum absolute atomic E-state index is 0.0861. The van der Waals surface area contributed by atoms with E-state index in [0.29, 0.717) is 23.8 Å². The van der Waals surface area contributed by atoms with Crippen LogP contribution >= 0.6 is 0 Å². The Morgan fingerprint density at radius 3 is 2.06 bits per heavy atom. The van der Waals surface area contributed by atoms with Crippen LogP contribution in [0.5, 0.6) is 11.5 Å². The summed E-state index contributed by atoms with van der Waals surface area (Å²) in [7, 11) is 0. The number of hydrogen-bond donors (Lipinski definition) is 1. The van der Waals surface area contributed by atoms with Crippen LogP contribution in [0.15, 0.2) is 54.6 Å². The molecule has 34 heavy (non-hydrogen) atoms. The average molecular weight is 460 g/mol. The van der Waals surface area contributed by atoms with Gasteiger partial charge < -0.3 is 14.8 Å². The van der Waals surface area contributed by atoms with Gasteiger partial charge in [0.25, 0.3) is 5.91 Å². The van der Waals surface area contributed by atoms with Crippen molar-refractivity contribution in [3.05, 3.63) is 60.2 Å². The van der Waals surface area contributed by atoms with Crippen molar-refractivity contribution in [2.45, 2.75) is 69.9 Å². The number of rotatable bonds is 7. The van der Waals surface area contributed by atoms with Crippen molar-refractivity contribution < 1.29 is 14.3 Å². The highest BCUT2D eigenvalue weighted by Crippen LogP contribution is 2.53. The van der Waals surface area contributed by atoms with Crippen LogP contribution in [0.1, 0.15) is 68.1 Å². The van der Waals surface area contributed by atoms with Crippen LogP contribution in [0, 0.1) is 29.6 Å². The average Bonchev–Trinajstić information content (AvgIpc) is 2.86. The highest BCUT2D eigenvalue weighted by molar-refractivity contribution is 5.94. The Bertz CT molecular complexity index is 936. The monoisotopic (exact) mass is 459 g/mol. The molecule has 4 nitrogen and oxygen atoms in total. The van der Waals surface area contributed by atoms with E-state index in [1.54, 1.807) is 0 Å². The van der Waals surface area contributed by atoms with E-state index < -0.39 is 0 Å². The lowest BCUT2D eigenvalue weighted by atomic mass is 9.54. The minimum Gasteiger partial charge on any atom is -0.493 e. The van der Waals surface area contributed by atoms with Crippen LogP contribution in [0.4, 0.5) is 0 Å². The fourth-order valence-corrected chi connectivity index (χ4v) is 7.42. The van der Waals surface area contributed by atoms with Gasteiger partial charge in [-0.25, -0.2) is 0 Å². The molecule has 5 aliphatic carbocycles. The Morgan fingerprint density at radius 1 is 0.765 bits per heavy atom. The molecule has 5 aliphatic rings. The van der Waals surface area contributed by atoms with Gasteiger partial charge in [-0.15, -0.1) is 0 Å². The Morgan fingerprint density at radius 2 is 1.41 bits per heavy atom. The predicted molar refractivity (Wildman–Crippen MR) is 133 cm³/mol. The molecule has 0 heterocycles. The zero-order valence-corrected chi connectivity index (χ0v) is 20.0. The SMILES string of the molecule is O=C(NC1C2CC3CC(C2)CC1C3)c1ccc(OC2CCC(COc3ccccc3)CC2)cc1. The molecule has 0 spiro atoms. The molecule has 1 N–H and O–H groups in total. The summed E-state index contributed by atoms with van der Waals surface area (Å²) in [5.74, 6) is 5.77. The number of hydrogen-bond acceptors (Lipinski definition) is 3. The number of para-hydroxylation sites is 1. The molecule has 1 amide bonds. The van der Waals surface area contributed by atoms with Crippen LogP contribution in [-0.4, -0.2) is 24.7 Å². The topological polar surface area (TPSA) is 47.6 Å². The van der Waals surface area contributed by atoms with Crippen LogP contribution in [0.3, 0.4) is 0 Å². The van der Waals surface area contributed by atoms with E-state index in [2.05, 4.69) is 5.32 Å². The molecule has 0 unspecified atom stereocenters. The molecule has 0 atom stereocenters. The summed E-state index contributed by atoms with van der Waals surface area (Å²) in [5, 5.41) is 3.42. The lowest BCUT2D eigenvalue weighted by Crippen LogP contribution is -2.55. The summed E-state index contributed by atoms with van der Waals surface area (Å²) in [6, 6.07) is 18.3. The third-order valence-electron chi connectivity index (χ3n) is 8.97. The Kier molecular flexibility index (Phi) is 6.24. The van der Waals surface area contributed by atoms with Crippen molar-refractivity contribution in [1.82, 2.24) is 5.32 Å². The van der Waals surface area contributed by atoms with Crippen molar-refractivity contribution in [3.8, 4) is 11.5 Å². The van der Waals surface area contributed by atoms with E-state index in [9.17, 15) is 4.79 Å². The molecule has 7 rings (SSSR count). The van der Waals surface area contributed by atoms with E-state index in [1.807, 2.05) is 54.6 Å². The summed E-state index contributed by atoms with van der Waals surface area (Å²) in [4.78, 5) is 13.0. The van der Waals surface area contributed by atoms with Crippen molar-refractivity contribution >= 4 is 5.91 Å². The van der Waals surface area contributed by atoms with E-state index >= 15 is 0 Å². The molecule has 0 aliphatic heterocycles. The summed E-state index contributed by atoms with van der Waals surface area (Å²) in [6.45, 7) is 0.782. The summed E-state index contributed by atoms with van der Waals surface area (Å²) in [5.41, 5.74) is 0.753. The maximum Gasteiger partial charge on any atom is 0.251 e. The van der Waals surface area contributed by atoms with Gasteiger partial charge in [-0.05, 0) is 124 Å². The van der Waals surface area contributed by atoms with Gasteiger partial charge in [0.15, 0.2) is 0 Å². The molecule has 5 fully saturated rings. The standard InChI is InChI=1S/C30H37NO3/c32-30(31-29-24-15-21-14-22(17-24)18-25(29)16-21)23-8-12-28(13-9-23)34-27-10-6-20(7-11-27)19-33-26-4-2-1-3-5-26/h1-5,8-9,12-13,20-22,24-25,27,29H,6-7,10-11,14-19H2,(H,31,32). The second kappa shape index (κ2) is 9.64. The first kappa shape index (κ1) is 22.0. The number of amides is 1. The van der Waals surface area contributed by atoms with Crippen LogP contribution in [0.25, 0.3) is 0 Å². The molecule has 0 aromatic heterocycles. The van der Waals surface area contributed by atoms with E-state index in [-0.39, 0.29) is 12.0 Å². The molecule has 0 saturated heterocycles. The fourth-order valence-electron chi connectivity index (χ4n) is 7.42. The molecule has 2 aromatic carbocycles. The van der Waals surface area contributed by atoms with E-state index in [4.69, 9.17) is 9.47 Å². The fraction of sp³-hybridized carbons (Fsp3) is 0.567. The molecule has 0 radical (unpaired) electrons. The van der Waals surface area contributed by atoms with Gasteiger partial charge in [-0.1, -0.05) is 18.2 Å². The molecule has 5 saturated carbocycles. The lowest BCUT2D eigenvalue weighted by molar-refractivity contribution is -0.0119. The Hall–Kier alpha value is -2.49. The van der Waals surface area contributed by atoms with Crippen molar-refractivity contribution in [2.75, 3.05) is 6.61 Å². The van der Waals surface area contributed by atoms with Gasteiger partial charge in [-0.2, -0.15) is 0 Å². The van der Waals surface area contributed by atoms with Gasteiger partial charge >= 0.3 is 0 Å². The Labute approximate surface area is 203 Å². The quantitative estimate of drug-likeness (QED) is 0.532. The minimum atomic E-state index is 0.0861. The van der Waals surface area contributed by atoms with Crippen LogP contribution < -0.4 is 14.8 Å². The summed E-state index contributed by atoms with van der Waals surface area (Å²) in [6.07, 6.45) is 11.4. The second-order valence-corrected chi connectivity index (χ2v) is 11.3. The number of ether oxygens (including phenoxy) is 2. The molecule has 2 aromatic rings. The third kappa shape index (κ3) is 4.82. The van der Waals surface area contributed by atoms with Crippen molar-refractivity contribution in [3.63, 3.8) is 0 Å². The van der Waals surface area contributed by atoms with Gasteiger partial charge in [0.2, 0.25) is 0 Å². The number of benzene rings is 2. The Balaban J connectivity index is 0.964. The number of carbonyl (C=O) groups is 1. The zero-order valence-electron chi connectivity index (χ0n) is 20.0. The van der Waals surface area contributed by atoms with Crippen molar-refractivity contribution in [2.24, 2.45) is 29.6 Å². The largest absolute Gasteiger partial charge is 0.493 e. The van der Waals surface area contributed by atoms with Gasteiger partial charge in [0, 0.05) is 11.6 Å². The summed E-state index contributed by atoms with van der Waals surface area (Å²) >= 11 is 0. The first-order valence-electron chi connectivity index (χ1n) is 13.4. The molecular formula is C30H37NO3. The molecule has 4 bridgehead atoms. The summed E-state index contributed by atoms with van der Waals surface area (Å²) < 4.78 is 12.2. The second-order valence-electron chi connectivity index (χ2n) is 11.3. The smallest absolute Gasteiger partial charge is 0.251 e. The van der Waals surface area contributed by atoms with E-state index in [1.165, 1.54) is 32.1 Å². The first-order chi connectivity index (χ1) is 16.7. The third-order valence-corrected chi connectivity index (χ3v) is 8.97.